The van der Waals surface area contributed by atoms with Gasteiger partial charge in [-0.3, -0.25) is 5.73 Å². The Bertz CT molecular complexity index is 155. The van der Waals surface area contributed by atoms with Gasteiger partial charge in [-0.25, -0.2) is 0 Å². The topological polar surface area (TPSA) is 84.3 Å². The van der Waals surface area contributed by atoms with E-state index >= 15 is 0 Å². The zero-order valence-electron chi connectivity index (χ0n) is 7.45. The van der Waals surface area contributed by atoms with Crippen molar-refractivity contribution in [2.45, 2.75) is 26.2 Å². The van der Waals surface area contributed by atoms with E-state index < -0.39 is 8.00 Å². The van der Waals surface area contributed by atoms with E-state index in [0.717, 1.165) is 12.8 Å². The van der Waals surface area contributed by atoms with Crippen molar-refractivity contribution in [3.8, 4) is 0 Å². The summed E-state index contributed by atoms with van der Waals surface area (Å²) in [5.41, 5.74) is 11.0. The summed E-state index contributed by atoms with van der Waals surface area (Å²) in [6.07, 6.45) is 2.41. The molecule has 0 amide bonds. The molecule has 4 nitrogen and oxygen atoms in total. The molecule has 0 rings (SSSR count). The zero-order chi connectivity index (χ0) is 9.40. The monoisotopic (exact) mass is 216 g/mol. The Morgan fingerprint density at radius 2 is 2.15 bits per heavy atom. The van der Waals surface area contributed by atoms with Gasteiger partial charge in [-0.15, -0.1) is 0 Å². The molecule has 0 aliphatic heterocycles. The van der Waals surface area contributed by atoms with Crippen molar-refractivity contribution in [2.75, 3.05) is 13.2 Å². The molecule has 0 aliphatic carbocycles. The molecule has 0 aromatic rings. The second kappa shape index (κ2) is 11.1. The van der Waals surface area contributed by atoms with Crippen LogP contribution in [-0.2, 0) is 4.52 Å². The molecule has 4 N–H and O–H groups in total. The van der Waals surface area contributed by atoms with Crippen molar-refractivity contribution < 1.29 is 9.42 Å². The first kappa shape index (κ1) is 16.4. The van der Waals surface area contributed by atoms with Crippen LogP contribution in [0.3, 0.4) is 0 Å². The first-order chi connectivity index (χ1) is 5.72. The molecule has 0 aromatic heterocycles. The number of unbranched alkanes of at least 4 members (excludes halogenated alkanes) is 1. The Morgan fingerprint density at radius 3 is 2.62 bits per heavy atom. The molecule has 0 bridgehead atoms. The fourth-order valence-corrected chi connectivity index (χ4v) is 1.39. The molecule has 0 heterocycles. The summed E-state index contributed by atoms with van der Waals surface area (Å²) in [5, 5.41) is 0. The quantitative estimate of drug-likeness (QED) is 0.348. The maximum atomic E-state index is 11.1. The number of hydrogen-bond donors (Lipinski definition) is 2. The van der Waals surface area contributed by atoms with E-state index in [1.165, 1.54) is 0 Å². The molecule has 74 valence electrons. The average molecular weight is 216 g/mol. The van der Waals surface area contributed by atoms with Crippen molar-refractivity contribution >= 4 is 43.0 Å². The fraction of sp³-hybridized carbons (Fsp3) is 0.857. The zero-order valence-corrected chi connectivity index (χ0v) is 8.35. The van der Waals surface area contributed by atoms with E-state index in [1.807, 2.05) is 6.92 Å². The van der Waals surface area contributed by atoms with Crippen molar-refractivity contribution in [1.29, 1.82) is 0 Å². The van der Waals surface area contributed by atoms with Gasteiger partial charge in [0.1, 0.15) is 0 Å². The molecule has 0 radical (unpaired) electrons. The van der Waals surface area contributed by atoms with Gasteiger partial charge in [-0.1, -0.05) is 13.3 Å². The minimum absolute atomic E-state index is 0. The number of nitrogens with two attached hydrogens (primary N) is 2. The van der Waals surface area contributed by atoms with Crippen LogP contribution in [0.15, 0.2) is 0 Å². The second-order valence-corrected chi connectivity index (χ2v) is 3.82. The van der Waals surface area contributed by atoms with E-state index in [2.05, 4.69) is 0 Å². The molecule has 1 unspecified atom stereocenters. The normalized spacial score (nSPS) is 12.0. The van der Waals surface area contributed by atoms with Crippen LogP contribution in [0.4, 0.5) is 0 Å². The Morgan fingerprint density at radius 1 is 1.54 bits per heavy atom. The Balaban J connectivity index is 0. The fourth-order valence-electron chi connectivity index (χ4n) is 0.614. The maximum absolute atomic E-state index is 11.1. The van der Waals surface area contributed by atoms with Gasteiger partial charge in [0.2, 0.25) is 8.00 Å². The van der Waals surface area contributed by atoms with Gasteiger partial charge in [-0.2, -0.15) is 4.52 Å². The van der Waals surface area contributed by atoms with E-state index in [0.29, 0.717) is 25.0 Å². The molecule has 13 heavy (non-hydrogen) atoms. The summed E-state index contributed by atoms with van der Waals surface area (Å²) in [6, 6.07) is 0. The first-order valence-electron chi connectivity index (χ1n) is 4.14. The number of rotatable bonds is 6. The third kappa shape index (κ3) is 9.32. The summed E-state index contributed by atoms with van der Waals surface area (Å²) in [4.78, 5) is 11.1. The van der Waals surface area contributed by atoms with Crippen LogP contribution in [-0.4, -0.2) is 48.1 Å². The van der Waals surface area contributed by atoms with Gasteiger partial charge in [-0.05, 0) is 6.42 Å². The van der Waals surface area contributed by atoms with E-state index in [-0.39, 0.29) is 29.6 Å². The average Bonchev–Trinajstić information content (AvgIpc) is 2.05. The predicted molar refractivity (Wildman–Crippen MR) is 57.8 cm³/mol. The van der Waals surface area contributed by atoms with Crippen LogP contribution < -0.4 is 16.4 Å². The SMILES string of the molecule is CCCCO/[P+]([O-])=C(\N)CCN.[NaH]. The molecule has 0 aliphatic rings. The second-order valence-electron chi connectivity index (χ2n) is 2.47. The van der Waals surface area contributed by atoms with Crippen LogP contribution in [0.2, 0.25) is 0 Å². The summed E-state index contributed by atoms with van der Waals surface area (Å²) < 4.78 is 4.99. The van der Waals surface area contributed by atoms with E-state index in [1.54, 1.807) is 0 Å². The van der Waals surface area contributed by atoms with E-state index in [4.69, 9.17) is 16.0 Å². The predicted octanol–water partition coefficient (Wildman–Crippen LogP) is -0.736. The summed E-state index contributed by atoms with van der Waals surface area (Å²) in [5.74, 6) is 0. The van der Waals surface area contributed by atoms with Crippen LogP contribution in [0.5, 0.6) is 0 Å². The third-order valence-electron chi connectivity index (χ3n) is 1.34. The molecule has 1 atom stereocenters. The van der Waals surface area contributed by atoms with Crippen LogP contribution in [0, 0.1) is 0 Å². The molecule has 0 fully saturated rings. The standard InChI is InChI=1S/C7H17N2O2P.Na.H/c1-2-3-6-11-12(10)7(9)4-5-8;;/h2-6,8-9H2,1H3;;. The summed E-state index contributed by atoms with van der Waals surface area (Å²) in [6.45, 7) is 2.98. The molecule has 6 heteroatoms. The van der Waals surface area contributed by atoms with Gasteiger partial charge >= 0.3 is 29.6 Å². The van der Waals surface area contributed by atoms with E-state index in [9.17, 15) is 4.89 Å². The van der Waals surface area contributed by atoms with Crippen molar-refractivity contribution in [2.24, 2.45) is 11.5 Å². The summed E-state index contributed by atoms with van der Waals surface area (Å²) >= 11 is 0. The molecule has 0 aromatic carbocycles. The molecule has 0 spiro atoms. The Kier molecular flexibility index (Phi) is 14.0. The van der Waals surface area contributed by atoms with Gasteiger partial charge in [0.15, 0.2) is 5.42 Å². The Hall–Kier alpha value is 1.01. The molecular weight excluding hydrogens is 198 g/mol. The third-order valence-corrected chi connectivity index (χ3v) is 2.45. The van der Waals surface area contributed by atoms with Gasteiger partial charge in [0.05, 0.1) is 6.61 Å². The summed E-state index contributed by atoms with van der Waals surface area (Å²) in [7, 11) is -1.79. The van der Waals surface area contributed by atoms with Crippen LogP contribution in [0.25, 0.3) is 0 Å². The van der Waals surface area contributed by atoms with Crippen LogP contribution in [0.1, 0.15) is 26.2 Å². The van der Waals surface area contributed by atoms with Gasteiger partial charge in [0, 0.05) is 13.0 Å². The Labute approximate surface area is 103 Å². The van der Waals surface area contributed by atoms with Gasteiger partial charge in [0.25, 0.3) is 0 Å². The van der Waals surface area contributed by atoms with Crippen molar-refractivity contribution in [3.63, 3.8) is 0 Å². The molecule has 0 saturated carbocycles. The van der Waals surface area contributed by atoms with Gasteiger partial charge < -0.3 is 10.6 Å². The minimum atomic E-state index is -1.79. The number of hydrogen-bond acceptors (Lipinski definition) is 3. The molecule has 0 saturated heterocycles. The van der Waals surface area contributed by atoms with Crippen LogP contribution >= 0.6 is 8.00 Å². The first-order valence-corrected chi connectivity index (χ1v) is 5.31. The van der Waals surface area contributed by atoms with Crippen molar-refractivity contribution in [3.05, 3.63) is 0 Å². The molecular formula is C7H18N2NaO2P. The van der Waals surface area contributed by atoms with Crippen molar-refractivity contribution in [1.82, 2.24) is 0 Å².